The van der Waals surface area contributed by atoms with Crippen LogP contribution in [0.1, 0.15) is 85.5 Å². The predicted molar refractivity (Wildman–Crippen MR) is 126 cm³/mol. The molecule has 0 rings (SSSR count). The van der Waals surface area contributed by atoms with E-state index >= 15 is 0 Å². The van der Waals surface area contributed by atoms with Crippen LogP contribution in [0.4, 0.5) is 4.79 Å². The molecule has 176 valence electrons. The fourth-order valence-corrected chi connectivity index (χ4v) is 2.69. The summed E-state index contributed by atoms with van der Waals surface area (Å²) in [5.74, 6) is 0.0244. The molecule has 0 heterocycles. The lowest BCUT2D eigenvalue weighted by Crippen LogP contribution is -2.33. The van der Waals surface area contributed by atoms with Crippen LogP contribution in [-0.4, -0.2) is 47.8 Å². The van der Waals surface area contributed by atoms with Gasteiger partial charge < -0.3 is 19.5 Å². The minimum Gasteiger partial charge on any atom is -0.465 e. The maximum Gasteiger partial charge on any atom is 0.407 e. The fraction of sp³-hybridized carbons (Fsp3) is 0.864. The number of carbonyl (C=O) groups excluding carboxylic acids is 3. The topological polar surface area (TPSA) is 90.9 Å². The lowest BCUT2D eigenvalue weighted by atomic mass is 10.0. The number of amides is 1. The van der Waals surface area contributed by atoms with Gasteiger partial charge in [-0.1, -0.05) is 62.6 Å². The number of hydrogen-bond acceptors (Lipinski definition) is 6. The first-order valence-corrected chi connectivity index (χ1v) is 12.3. The number of hydrogen-bond donors (Lipinski definition) is 1. The Balaban J connectivity index is 3.64. The summed E-state index contributed by atoms with van der Waals surface area (Å²) in [6, 6.07) is 0. The van der Waals surface area contributed by atoms with E-state index in [1.807, 2.05) is 13.8 Å². The van der Waals surface area contributed by atoms with Crippen molar-refractivity contribution in [1.82, 2.24) is 5.32 Å². The minimum absolute atomic E-state index is 0.117. The summed E-state index contributed by atoms with van der Waals surface area (Å²) in [5, 5.41) is 2.55. The SMILES string of the molecule is CCCCC(CC)COC(=O)CCCCCOC(=O)NCCOC(=O)C(C)(I)CC. The number of alkyl halides is 1. The van der Waals surface area contributed by atoms with Crippen LogP contribution in [0.2, 0.25) is 0 Å². The van der Waals surface area contributed by atoms with E-state index in [1.54, 1.807) is 0 Å². The number of nitrogens with one attached hydrogen (secondary N) is 1. The van der Waals surface area contributed by atoms with Gasteiger partial charge in [0.15, 0.2) is 0 Å². The van der Waals surface area contributed by atoms with Crippen LogP contribution >= 0.6 is 22.6 Å². The Morgan fingerprint density at radius 1 is 0.967 bits per heavy atom. The van der Waals surface area contributed by atoms with Gasteiger partial charge in [0.25, 0.3) is 0 Å². The second-order valence-corrected chi connectivity index (χ2v) is 10.0. The Kier molecular flexibility index (Phi) is 17.0. The van der Waals surface area contributed by atoms with E-state index in [4.69, 9.17) is 14.2 Å². The van der Waals surface area contributed by atoms with Crippen molar-refractivity contribution in [1.29, 1.82) is 0 Å². The molecule has 0 aliphatic heterocycles. The summed E-state index contributed by atoms with van der Waals surface area (Å²) in [6.45, 7) is 9.16. The average Bonchev–Trinajstić information content (AvgIpc) is 2.73. The number of carbonyl (C=O) groups is 3. The zero-order valence-corrected chi connectivity index (χ0v) is 21.3. The van der Waals surface area contributed by atoms with Crippen LogP contribution in [0.3, 0.4) is 0 Å². The van der Waals surface area contributed by atoms with Crippen LogP contribution < -0.4 is 5.32 Å². The summed E-state index contributed by atoms with van der Waals surface area (Å²) in [6.07, 6.45) is 7.22. The summed E-state index contributed by atoms with van der Waals surface area (Å²) in [5.41, 5.74) is 0. The van der Waals surface area contributed by atoms with E-state index in [9.17, 15) is 14.4 Å². The van der Waals surface area contributed by atoms with Crippen molar-refractivity contribution in [2.75, 3.05) is 26.4 Å². The molecule has 0 aromatic heterocycles. The fourth-order valence-electron chi connectivity index (χ4n) is 2.54. The zero-order chi connectivity index (χ0) is 22.8. The van der Waals surface area contributed by atoms with E-state index < -0.39 is 9.51 Å². The van der Waals surface area contributed by atoms with E-state index in [2.05, 4.69) is 41.8 Å². The maximum atomic E-state index is 11.8. The summed E-state index contributed by atoms with van der Waals surface area (Å²) in [4.78, 5) is 35.2. The highest BCUT2D eigenvalue weighted by molar-refractivity contribution is 14.1. The average molecular weight is 541 g/mol. The van der Waals surface area contributed by atoms with Gasteiger partial charge in [0.05, 0.1) is 19.8 Å². The molecular weight excluding hydrogens is 501 g/mol. The Bertz CT molecular complexity index is 498. The molecule has 1 N–H and O–H groups in total. The quantitative estimate of drug-likeness (QED) is 0.0898. The molecular formula is C22H40INO6. The summed E-state index contributed by atoms with van der Waals surface area (Å²) in [7, 11) is 0. The molecule has 0 radical (unpaired) electrons. The first-order valence-electron chi connectivity index (χ1n) is 11.2. The first-order chi connectivity index (χ1) is 14.3. The molecule has 0 spiro atoms. The minimum atomic E-state index is -0.544. The molecule has 0 bridgehead atoms. The predicted octanol–water partition coefficient (Wildman–Crippen LogP) is 5.18. The first kappa shape index (κ1) is 28.9. The van der Waals surface area contributed by atoms with Crippen molar-refractivity contribution < 1.29 is 28.6 Å². The highest BCUT2D eigenvalue weighted by Gasteiger charge is 2.29. The van der Waals surface area contributed by atoms with E-state index in [-0.39, 0.29) is 31.7 Å². The standard InChI is InChI=1S/C22H40INO6/c1-5-8-12-18(6-2)17-30-19(25)13-10-9-11-15-29-21(27)24-14-16-28-20(26)22(4,23)7-3/h18H,5-17H2,1-4H3,(H,24,27). The third-order valence-corrected chi connectivity index (χ3v) is 6.18. The Hall–Kier alpha value is -1.06. The largest absolute Gasteiger partial charge is 0.465 e. The molecule has 0 aliphatic carbocycles. The monoisotopic (exact) mass is 541 g/mol. The number of halogens is 1. The number of alkyl carbamates (subject to hydrolysis) is 1. The van der Waals surface area contributed by atoms with Gasteiger partial charge in [-0.3, -0.25) is 9.59 Å². The summed E-state index contributed by atoms with van der Waals surface area (Å²) < 4.78 is 15.0. The third kappa shape index (κ3) is 14.8. The third-order valence-electron chi connectivity index (χ3n) is 4.98. The number of esters is 2. The highest BCUT2D eigenvalue weighted by atomic mass is 127. The number of rotatable bonds is 17. The molecule has 0 saturated carbocycles. The Morgan fingerprint density at radius 2 is 1.70 bits per heavy atom. The van der Waals surface area contributed by atoms with Crippen molar-refractivity contribution in [3.05, 3.63) is 0 Å². The zero-order valence-electron chi connectivity index (χ0n) is 19.1. The highest BCUT2D eigenvalue weighted by Crippen LogP contribution is 2.23. The second-order valence-electron chi connectivity index (χ2n) is 7.66. The summed E-state index contributed by atoms with van der Waals surface area (Å²) >= 11 is 2.06. The molecule has 0 fully saturated rings. The van der Waals surface area contributed by atoms with Gasteiger partial charge >= 0.3 is 18.0 Å². The molecule has 0 aliphatic rings. The van der Waals surface area contributed by atoms with Crippen molar-refractivity contribution in [3.8, 4) is 0 Å². The Morgan fingerprint density at radius 3 is 2.33 bits per heavy atom. The molecule has 0 aromatic rings. The molecule has 8 heteroatoms. The lowest BCUT2D eigenvalue weighted by molar-refractivity contribution is -0.146. The molecule has 7 nitrogen and oxygen atoms in total. The van der Waals surface area contributed by atoms with Gasteiger partial charge in [-0.15, -0.1) is 0 Å². The van der Waals surface area contributed by atoms with Gasteiger partial charge in [0.1, 0.15) is 10.0 Å². The maximum absolute atomic E-state index is 11.8. The molecule has 30 heavy (non-hydrogen) atoms. The number of ether oxygens (including phenoxy) is 3. The smallest absolute Gasteiger partial charge is 0.407 e. The van der Waals surface area contributed by atoms with Crippen molar-refractivity contribution in [2.45, 2.75) is 88.9 Å². The second kappa shape index (κ2) is 17.6. The van der Waals surface area contributed by atoms with Crippen LogP contribution in [0.5, 0.6) is 0 Å². The van der Waals surface area contributed by atoms with Crippen LogP contribution in [0.25, 0.3) is 0 Å². The van der Waals surface area contributed by atoms with Crippen LogP contribution in [-0.2, 0) is 23.8 Å². The van der Waals surface area contributed by atoms with Crippen LogP contribution in [0.15, 0.2) is 0 Å². The van der Waals surface area contributed by atoms with E-state index in [1.165, 1.54) is 6.42 Å². The molecule has 0 aromatic carbocycles. The van der Waals surface area contributed by atoms with Crippen molar-refractivity contribution >= 4 is 40.6 Å². The van der Waals surface area contributed by atoms with Gasteiger partial charge in [-0.2, -0.15) is 0 Å². The molecule has 2 unspecified atom stereocenters. The lowest BCUT2D eigenvalue weighted by Gasteiger charge is -2.18. The van der Waals surface area contributed by atoms with Crippen LogP contribution in [0, 0.1) is 5.92 Å². The van der Waals surface area contributed by atoms with Crippen molar-refractivity contribution in [3.63, 3.8) is 0 Å². The number of unbranched alkanes of at least 4 members (excludes halogenated alkanes) is 3. The Labute approximate surface area is 195 Å². The molecule has 1 amide bonds. The van der Waals surface area contributed by atoms with E-state index in [0.29, 0.717) is 31.8 Å². The normalized spacial score (nSPS) is 13.8. The van der Waals surface area contributed by atoms with Gasteiger partial charge in [-0.25, -0.2) is 4.79 Å². The van der Waals surface area contributed by atoms with Crippen molar-refractivity contribution in [2.24, 2.45) is 5.92 Å². The molecule has 2 atom stereocenters. The van der Waals surface area contributed by atoms with Gasteiger partial charge in [0, 0.05) is 6.42 Å². The molecule has 0 saturated heterocycles. The van der Waals surface area contributed by atoms with E-state index in [0.717, 1.165) is 32.1 Å². The van der Waals surface area contributed by atoms with Gasteiger partial charge in [-0.05, 0) is 44.9 Å². The van der Waals surface area contributed by atoms with Gasteiger partial charge in [0.2, 0.25) is 0 Å².